The van der Waals surface area contributed by atoms with Crippen molar-refractivity contribution in [2.45, 2.75) is 50.4 Å². The average molecular weight is 514 g/mol. The summed E-state index contributed by atoms with van der Waals surface area (Å²) >= 11 is 0. The molecule has 10 heteroatoms. The molecule has 2 aromatic carbocycles. The number of amides is 3. The van der Waals surface area contributed by atoms with Crippen molar-refractivity contribution in [1.82, 2.24) is 15.5 Å². The summed E-state index contributed by atoms with van der Waals surface area (Å²) in [5.41, 5.74) is 2.38. The van der Waals surface area contributed by atoms with Crippen molar-refractivity contribution in [1.29, 1.82) is 0 Å². The van der Waals surface area contributed by atoms with Crippen molar-refractivity contribution in [3.63, 3.8) is 0 Å². The van der Waals surface area contributed by atoms with Crippen molar-refractivity contribution in [2.75, 3.05) is 13.2 Å². The number of aryl methyl sites for hydroxylation is 1. The van der Waals surface area contributed by atoms with Crippen LogP contribution in [-0.4, -0.2) is 65.2 Å². The number of nitrogens with zero attached hydrogens (tertiary/aromatic N) is 1. The molecule has 3 atom stereocenters. The number of nitrogens with one attached hydrogen (secondary N) is 2. The highest BCUT2D eigenvalue weighted by molar-refractivity contribution is 5.90. The lowest BCUT2D eigenvalue weighted by Gasteiger charge is -2.29. The first-order valence-corrected chi connectivity index (χ1v) is 11.7. The number of rotatable bonds is 9. The van der Waals surface area contributed by atoms with Gasteiger partial charge in [0.25, 0.3) is 11.8 Å². The van der Waals surface area contributed by atoms with E-state index >= 15 is 0 Å². The van der Waals surface area contributed by atoms with E-state index in [0.717, 1.165) is 11.1 Å². The summed E-state index contributed by atoms with van der Waals surface area (Å²) in [7, 11) is 0. The number of benzene rings is 2. The van der Waals surface area contributed by atoms with Gasteiger partial charge in [0, 0.05) is 13.0 Å². The Balaban J connectivity index is 1.76. The molecule has 8 nitrogen and oxygen atoms in total. The molecule has 1 fully saturated rings. The van der Waals surface area contributed by atoms with E-state index in [2.05, 4.69) is 16.6 Å². The van der Waals surface area contributed by atoms with E-state index in [1.807, 2.05) is 19.1 Å². The molecule has 0 saturated carbocycles. The first-order chi connectivity index (χ1) is 17.6. The molecule has 0 spiro atoms. The molecule has 1 aliphatic rings. The normalized spacial score (nSPS) is 17.8. The number of likely N-dealkylation sites (tertiary alicyclic amines) is 1. The van der Waals surface area contributed by atoms with E-state index in [-0.39, 0.29) is 19.6 Å². The van der Waals surface area contributed by atoms with Crippen LogP contribution in [-0.2, 0) is 27.3 Å². The van der Waals surface area contributed by atoms with Crippen LogP contribution in [0.15, 0.2) is 54.6 Å². The first-order valence-electron chi connectivity index (χ1n) is 11.7. The number of alkyl halides is 2. The Morgan fingerprint density at radius 2 is 1.86 bits per heavy atom. The monoisotopic (exact) mass is 513 g/mol. The Morgan fingerprint density at radius 1 is 1.19 bits per heavy atom. The van der Waals surface area contributed by atoms with Crippen LogP contribution in [0.2, 0.25) is 0 Å². The molecule has 0 unspecified atom stereocenters. The molecule has 0 bridgehead atoms. The smallest absolute Gasteiger partial charge is 0.408 e. The third kappa shape index (κ3) is 7.51. The highest BCUT2D eigenvalue weighted by Gasteiger charge is 2.51. The van der Waals surface area contributed by atoms with E-state index in [1.54, 1.807) is 42.5 Å². The largest absolute Gasteiger partial charge is 0.436 e. The molecule has 1 saturated heterocycles. The molecule has 1 heterocycles. The minimum absolute atomic E-state index is 0.00667. The standard InChI is InChI=1S/C27H29F2N3O5/c1-3-13-37-26(36)31-21(14-19-10-5-4-6-11-19)23(33)25(35)32-17-27(28,29)15-22(32)24(34)30-16-20-12-8-7-9-18(20)2/h1,4-12,21-23,33H,13-17H2,2H3,(H,30,34)(H,31,36)/t21-,22-,23-/m0/s1. The van der Waals surface area contributed by atoms with Gasteiger partial charge in [0.2, 0.25) is 5.91 Å². The van der Waals surface area contributed by atoms with Crippen LogP contribution in [0.3, 0.4) is 0 Å². The summed E-state index contributed by atoms with van der Waals surface area (Å²) in [5.74, 6) is -3.07. The van der Waals surface area contributed by atoms with Gasteiger partial charge in [-0.1, -0.05) is 60.5 Å². The molecule has 3 rings (SSSR count). The lowest BCUT2D eigenvalue weighted by molar-refractivity contribution is -0.147. The van der Waals surface area contributed by atoms with Gasteiger partial charge in [-0.2, -0.15) is 0 Å². The summed E-state index contributed by atoms with van der Waals surface area (Å²) in [5, 5.41) is 15.9. The second-order valence-electron chi connectivity index (χ2n) is 8.85. The number of halogens is 2. The molecule has 3 N–H and O–H groups in total. The number of aliphatic hydroxyl groups is 1. The fourth-order valence-corrected chi connectivity index (χ4v) is 4.14. The number of hydrogen-bond acceptors (Lipinski definition) is 5. The number of alkyl carbamates (subject to hydrolysis) is 1. The summed E-state index contributed by atoms with van der Waals surface area (Å²) in [4.78, 5) is 38.9. The van der Waals surface area contributed by atoms with Crippen molar-refractivity contribution >= 4 is 17.9 Å². The van der Waals surface area contributed by atoms with E-state index in [0.29, 0.717) is 10.5 Å². The van der Waals surface area contributed by atoms with Crippen molar-refractivity contribution in [3.05, 3.63) is 71.3 Å². The Morgan fingerprint density at radius 3 is 2.54 bits per heavy atom. The number of carbonyl (C=O) groups excluding carboxylic acids is 3. The van der Waals surface area contributed by atoms with Crippen LogP contribution in [0.4, 0.5) is 13.6 Å². The predicted octanol–water partition coefficient (Wildman–Crippen LogP) is 2.18. The minimum atomic E-state index is -3.33. The number of ether oxygens (including phenoxy) is 1. The van der Waals surface area contributed by atoms with Gasteiger partial charge < -0.3 is 25.4 Å². The molecule has 3 amide bonds. The van der Waals surface area contributed by atoms with Crippen LogP contribution in [0, 0.1) is 19.3 Å². The molecule has 1 aliphatic heterocycles. The Labute approximate surface area is 214 Å². The van der Waals surface area contributed by atoms with E-state index in [4.69, 9.17) is 11.2 Å². The fraction of sp³-hybridized carbons (Fsp3) is 0.370. The lowest BCUT2D eigenvalue weighted by Crippen LogP contribution is -2.56. The molecule has 2 aromatic rings. The average Bonchev–Trinajstić information content (AvgIpc) is 3.21. The van der Waals surface area contributed by atoms with Gasteiger partial charge in [0.1, 0.15) is 6.04 Å². The fourth-order valence-electron chi connectivity index (χ4n) is 4.14. The molecular weight excluding hydrogens is 484 g/mol. The van der Waals surface area contributed by atoms with E-state index in [1.165, 1.54) is 0 Å². The third-order valence-corrected chi connectivity index (χ3v) is 6.09. The van der Waals surface area contributed by atoms with Crippen LogP contribution >= 0.6 is 0 Å². The van der Waals surface area contributed by atoms with Gasteiger partial charge >= 0.3 is 6.09 Å². The van der Waals surface area contributed by atoms with Crippen molar-refractivity contribution in [3.8, 4) is 12.3 Å². The predicted molar refractivity (Wildman–Crippen MR) is 131 cm³/mol. The minimum Gasteiger partial charge on any atom is -0.436 e. The van der Waals surface area contributed by atoms with E-state index in [9.17, 15) is 28.3 Å². The van der Waals surface area contributed by atoms with Gasteiger partial charge in [0.15, 0.2) is 12.7 Å². The number of terminal acetylenes is 1. The lowest BCUT2D eigenvalue weighted by atomic mass is 10.00. The van der Waals surface area contributed by atoms with Gasteiger partial charge in [-0.15, -0.1) is 6.42 Å². The first kappa shape index (κ1) is 27.6. The zero-order chi connectivity index (χ0) is 27.0. The molecule has 196 valence electrons. The molecule has 0 radical (unpaired) electrons. The summed E-state index contributed by atoms with van der Waals surface area (Å²) in [6, 6.07) is 13.2. The van der Waals surface area contributed by atoms with Gasteiger partial charge in [-0.25, -0.2) is 13.6 Å². The zero-order valence-corrected chi connectivity index (χ0v) is 20.3. The molecule has 0 aromatic heterocycles. The van der Waals surface area contributed by atoms with Gasteiger partial charge in [0.05, 0.1) is 12.6 Å². The topological polar surface area (TPSA) is 108 Å². The molecule has 37 heavy (non-hydrogen) atoms. The summed E-state index contributed by atoms with van der Waals surface area (Å²) in [6.45, 7) is 0.573. The van der Waals surface area contributed by atoms with Gasteiger partial charge in [-0.05, 0) is 30.0 Å². The highest BCUT2D eigenvalue weighted by atomic mass is 19.3. The SMILES string of the molecule is C#CCOC(=O)N[C@@H](Cc1ccccc1)[C@H](O)C(=O)N1CC(F)(F)C[C@H]1C(=O)NCc1ccccc1C. The van der Waals surface area contributed by atoms with Gasteiger partial charge in [-0.3, -0.25) is 9.59 Å². The van der Waals surface area contributed by atoms with Crippen LogP contribution in [0.1, 0.15) is 23.1 Å². The second kappa shape index (κ2) is 12.3. The quantitative estimate of drug-likeness (QED) is 0.446. The number of hydrogen-bond donors (Lipinski definition) is 3. The molecular formula is C27H29F2N3O5. The number of aliphatic hydroxyl groups excluding tert-OH is 1. The summed E-state index contributed by atoms with van der Waals surface area (Å²) in [6.07, 6.45) is 1.28. The van der Waals surface area contributed by atoms with E-state index < -0.39 is 55.0 Å². The zero-order valence-electron chi connectivity index (χ0n) is 20.3. The van der Waals surface area contributed by atoms with Crippen LogP contribution in [0.5, 0.6) is 0 Å². The maximum Gasteiger partial charge on any atom is 0.408 e. The van der Waals surface area contributed by atoms with Crippen LogP contribution in [0.25, 0.3) is 0 Å². The van der Waals surface area contributed by atoms with Crippen molar-refractivity contribution < 1.29 is 33.0 Å². The Kier molecular flexibility index (Phi) is 9.20. The Bertz CT molecular complexity index is 1150. The Hall–Kier alpha value is -3.97. The highest BCUT2D eigenvalue weighted by Crippen LogP contribution is 2.33. The van der Waals surface area contributed by atoms with Crippen molar-refractivity contribution in [2.24, 2.45) is 0 Å². The van der Waals surface area contributed by atoms with Crippen LogP contribution < -0.4 is 10.6 Å². The maximum atomic E-state index is 14.4. The number of carbonyl (C=O) groups is 3. The molecule has 0 aliphatic carbocycles. The third-order valence-electron chi connectivity index (χ3n) is 6.09. The maximum absolute atomic E-state index is 14.4. The summed E-state index contributed by atoms with van der Waals surface area (Å²) < 4.78 is 33.6. The second-order valence-corrected chi connectivity index (χ2v) is 8.85.